The third-order valence-electron chi connectivity index (χ3n) is 12.9. The van der Waals surface area contributed by atoms with E-state index in [4.69, 9.17) is 23.7 Å². The first kappa shape index (κ1) is 65.7. The summed E-state index contributed by atoms with van der Waals surface area (Å²) in [5, 5.41) is 31.4. The number of unbranched alkanes of at least 4 members (excludes halogenated alkanes) is 26. The molecule has 410 valence electrons. The van der Waals surface area contributed by atoms with E-state index in [0.29, 0.717) is 19.3 Å². The van der Waals surface area contributed by atoms with Crippen molar-refractivity contribution in [3.05, 3.63) is 48.6 Å². The van der Waals surface area contributed by atoms with Crippen LogP contribution in [0, 0.1) is 0 Å². The van der Waals surface area contributed by atoms with Crippen molar-refractivity contribution < 1.29 is 58.2 Å². The number of aliphatic carboxylic acids is 1. The number of carbonyl (C=O) groups excluding carboxylic acids is 3. The van der Waals surface area contributed by atoms with E-state index in [-0.39, 0.29) is 25.9 Å². The van der Waals surface area contributed by atoms with Gasteiger partial charge in [-0.3, -0.25) is 14.4 Å². The maximum Gasteiger partial charge on any atom is 0.335 e. The van der Waals surface area contributed by atoms with Crippen molar-refractivity contribution in [3.63, 3.8) is 0 Å². The van der Waals surface area contributed by atoms with Crippen molar-refractivity contribution in [1.82, 2.24) is 0 Å². The van der Waals surface area contributed by atoms with Gasteiger partial charge in [0.25, 0.3) is 0 Å². The van der Waals surface area contributed by atoms with Gasteiger partial charge in [0.1, 0.15) is 18.8 Å². The van der Waals surface area contributed by atoms with Crippen LogP contribution in [-0.4, -0.2) is 89.2 Å². The van der Waals surface area contributed by atoms with E-state index < -0.39 is 67.3 Å². The standard InChI is InChI=1S/C59H102O12/c1-4-7-10-13-16-19-22-24-25-26-27-29-32-35-38-41-44-47-53(62)70-57-55(64)54(63)56(58(65)66)71-59(57)68-49-50(69-52(61)46-43-40-37-34-30-21-18-15-12-9-6-3)48-67-51(60)45-42-39-36-33-31-28-23-20-17-14-11-8-5-2/h7,10,16,19-20,23-25,50,54-57,59,63-64H,4-6,8-9,11-15,17-18,21-22,26-49H2,1-3H3,(H,65,66)/b10-7-,19-16-,23-20-,25-24-. The fraction of sp³-hybridized carbons (Fsp3) is 0.797. The minimum absolute atomic E-state index is 0.0500. The Morgan fingerprint density at radius 3 is 1.38 bits per heavy atom. The van der Waals surface area contributed by atoms with Crippen LogP contribution in [0.4, 0.5) is 0 Å². The predicted molar refractivity (Wildman–Crippen MR) is 285 cm³/mol. The summed E-state index contributed by atoms with van der Waals surface area (Å²) in [6, 6.07) is 0. The molecule has 3 N–H and O–H groups in total. The normalized spacial score (nSPS) is 18.8. The average Bonchev–Trinajstić information content (AvgIpc) is 3.35. The SMILES string of the molecule is CC/C=C\C/C=C\C/C=C\CCCCCCCCCC(=O)OC1C(OCC(COC(=O)CCCCCCC/C=C\CCCCCC)OC(=O)CCCCCCCCCCCCC)OC(C(=O)O)C(O)C1O. The summed E-state index contributed by atoms with van der Waals surface area (Å²) in [5.74, 6) is -3.13. The van der Waals surface area contributed by atoms with Gasteiger partial charge in [-0.2, -0.15) is 0 Å². The molecule has 1 aliphatic heterocycles. The van der Waals surface area contributed by atoms with Gasteiger partial charge in [0.05, 0.1) is 6.61 Å². The summed E-state index contributed by atoms with van der Waals surface area (Å²) in [7, 11) is 0. The molecule has 0 spiro atoms. The molecular weight excluding hydrogens is 901 g/mol. The number of carboxylic acids is 1. The molecule has 6 unspecified atom stereocenters. The molecule has 0 saturated carbocycles. The number of aliphatic hydroxyl groups excluding tert-OH is 2. The zero-order valence-electron chi connectivity index (χ0n) is 45.0. The fourth-order valence-electron chi connectivity index (χ4n) is 8.49. The zero-order chi connectivity index (χ0) is 51.8. The molecule has 0 bridgehead atoms. The fourth-order valence-corrected chi connectivity index (χ4v) is 8.49. The van der Waals surface area contributed by atoms with Gasteiger partial charge in [-0.25, -0.2) is 4.79 Å². The molecule has 1 aliphatic rings. The molecule has 1 fully saturated rings. The Kier molecular flexibility index (Phi) is 44.1. The lowest BCUT2D eigenvalue weighted by Gasteiger charge is -2.40. The molecule has 12 nitrogen and oxygen atoms in total. The lowest BCUT2D eigenvalue weighted by atomic mass is 9.98. The van der Waals surface area contributed by atoms with E-state index in [9.17, 15) is 34.5 Å². The third-order valence-corrected chi connectivity index (χ3v) is 12.9. The van der Waals surface area contributed by atoms with Crippen molar-refractivity contribution in [2.75, 3.05) is 13.2 Å². The van der Waals surface area contributed by atoms with E-state index in [1.165, 1.54) is 70.6 Å². The molecule has 0 aromatic heterocycles. The van der Waals surface area contributed by atoms with Crippen LogP contribution < -0.4 is 0 Å². The Hall–Kier alpha value is -3.32. The largest absolute Gasteiger partial charge is 0.479 e. The monoisotopic (exact) mass is 1000 g/mol. The molecule has 0 aliphatic carbocycles. The molecular formula is C59H102O12. The van der Waals surface area contributed by atoms with Gasteiger partial charge in [-0.15, -0.1) is 0 Å². The number of rotatable bonds is 48. The number of allylic oxidation sites excluding steroid dienone is 8. The number of carboxylic acid groups (broad SMARTS) is 1. The Labute approximate surface area is 431 Å². The van der Waals surface area contributed by atoms with E-state index >= 15 is 0 Å². The van der Waals surface area contributed by atoms with Gasteiger partial charge in [0.2, 0.25) is 0 Å². The highest BCUT2D eigenvalue weighted by Gasteiger charge is 2.50. The van der Waals surface area contributed by atoms with Crippen molar-refractivity contribution in [2.24, 2.45) is 0 Å². The van der Waals surface area contributed by atoms with Gasteiger partial charge >= 0.3 is 23.9 Å². The van der Waals surface area contributed by atoms with E-state index in [0.717, 1.165) is 122 Å². The van der Waals surface area contributed by atoms with Crippen LogP contribution in [0.15, 0.2) is 48.6 Å². The topological polar surface area (TPSA) is 175 Å². The van der Waals surface area contributed by atoms with Crippen molar-refractivity contribution in [2.45, 2.75) is 289 Å². The smallest absolute Gasteiger partial charge is 0.335 e. The minimum atomic E-state index is -1.90. The van der Waals surface area contributed by atoms with Crippen LogP contribution in [0.2, 0.25) is 0 Å². The molecule has 12 heteroatoms. The highest BCUT2D eigenvalue weighted by Crippen LogP contribution is 2.26. The summed E-state index contributed by atoms with van der Waals surface area (Å²) in [5.41, 5.74) is 0. The van der Waals surface area contributed by atoms with Crippen molar-refractivity contribution >= 4 is 23.9 Å². The first-order valence-electron chi connectivity index (χ1n) is 28.6. The van der Waals surface area contributed by atoms with Crippen LogP contribution >= 0.6 is 0 Å². The van der Waals surface area contributed by atoms with Crippen LogP contribution in [0.1, 0.15) is 252 Å². The van der Waals surface area contributed by atoms with E-state index in [1.807, 2.05) is 0 Å². The number of ether oxygens (including phenoxy) is 5. The van der Waals surface area contributed by atoms with Crippen LogP contribution in [-0.2, 0) is 42.9 Å². The molecule has 1 rings (SSSR count). The highest BCUT2D eigenvalue weighted by molar-refractivity contribution is 5.74. The lowest BCUT2D eigenvalue weighted by molar-refractivity contribution is -0.301. The number of aliphatic hydroxyl groups is 2. The van der Waals surface area contributed by atoms with Gasteiger partial charge in [-0.05, 0) is 77.0 Å². The molecule has 0 aromatic rings. The molecule has 0 radical (unpaired) electrons. The second-order valence-corrected chi connectivity index (χ2v) is 19.5. The molecule has 6 atom stereocenters. The van der Waals surface area contributed by atoms with Gasteiger partial charge < -0.3 is 39.0 Å². The first-order chi connectivity index (χ1) is 34.6. The van der Waals surface area contributed by atoms with Gasteiger partial charge in [-0.1, -0.05) is 204 Å². The van der Waals surface area contributed by atoms with Crippen LogP contribution in [0.5, 0.6) is 0 Å². The van der Waals surface area contributed by atoms with E-state index in [1.54, 1.807) is 0 Å². The number of hydrogen-bond acceptors (Lipinski definition) is 11. The molecule has 1 saturated heterocycles. The summed E-state index contributed by atoms with van der Waals surface area (Å²) in [6.07, 6.45) is 43.7. The summed E-state index contributed by atoms with van der Waals surface area (Å²) in [6.45, 7) is 5.85. The quantitative estimate of drug-likeness (QED) is 0.0228. The Bertz CT molecular complexity index is 1420. The Morgan fingerprint density at radius 2 is 0.887 bits per heavy atom. The number of carbonyl (C=O) groups is 4. The van der Waals surface area contributed by atoms with Crippen molar-refractivity contribution in [1.29, 1.82) is 0 Å². The second kappa shape index (κ2) is 47.7. The lowest BCUT2D eigenvalue weighted by Crippen LogP contribution is -2.61. The van der Waals surface area contributed by atoms with Crippen LogP contribution in [0.3, 0.4) is 0 Å². The zero-order valence-corrected chi connectivity index (χ0v) is 45.0. The first-order valence-corrected chi connectivity index (χ1v) is 28.6. The van der Waals surface area contributed by atoms with E-state index in [2.05, 4.69) is 69.4 Å². The highest BCUT2D eigenvalue weighted by atomic mass is 16.7. The number of esters is 3. The molecule has 71 heavy (non-hydrogen) atoms. The number of hydrogen-bond donors (Lipinski definition) is 3. The van der Waals surface area contributed by atoms with Crippen LogP contribution in [0.25, 0.3) is 0 Å². The predicted octanol–water partition coefficient (Wildman–Crippen LogP) is 14.2. The van der Waals surface area contributed by atoms with Gasteiger partial charge in [0.15, 0.2) is 24.6 Å². The second-order valence-electron chi connectivity index (χ2n) is 19.5. The Balaban J connectivity index is 2.69. The average molecular weight is 1000 g/mol. The Morgan fingerprint density at radius 1 is 0.479 bits per heavy atom. The maximum absolute atomic E-state index is 13.1. The van der Waals surface area contributed by atoms with Gasteiger partial charge in [0, 0.05) is 19.3 Å². The summed E-state index contributed by atoms with van der Waals surface area (Å²) in [4.78, 5) is 51.0. The molecule has 0 amide bonds. The molecule has 1 heterocycles. The maximum atomic E-state index is 13.1. The van der Waals surface area contributed by atoms with Crippen molar-refractivity contribution in [3.8, 4) is 0 Å². The third kappa shape index (κ3) is 38.0. The molecule has 0 aromatic carbocycles. The minimum Gasteiger partial charge on any atom is -0.479 e. The summed E-state index contributed by atoms with van der Waals surface area (Å²) >= 11 is 0. The summed E-state index contributed by atoms with van der Waals surface area (Å²) < 4.78 is 28.4.